The molecule has 1 atom stereocenters. The van der Waals surface area contributed by atoms with Gasteiger partial charge in [0, 0.05) is 6.54 Å². The summed E-state index contributed by atoms with van der Waals surface area (Å²) in [6, 6.07) is 0. The van der Waals surface area contributed by atoms with Crippen molar-refractivity contribution in [2.75, 3.05) is 6.54 Å². The van der Waals surface area contributed by atoms with Gasteiger partial charge in [0.05, 0.1) is 10.8 Å². The number of nitrogens with one attached hydrogen (secondary N) is 2. The molecule has 1 unspecified atom stereocenters. The number of unbranched alkanes of at least 4 members (excludes halogenated alkanes) is 3. The molecule has 0 rings (SSSR count). The summed E-state index contributed by atoms with van der Waals surface area (Å²) in [4.78, 5) is 0. The van der Waals surface area contributed by atoms with Gasteiger partial charge < -0.3 is 0 Å². The lowest BCUT2D eigenvalue weighted by Gasteiger charge is -1.96. The number of thiol groups is 1. The Morgan fingerprint density at radius 2 is 2.10 bits per heavy atom. The highest BCUT2D eigenvalue weighted by atomic mass is 32.2. The lowest BCUT2D eigenvalue weighted by Crippen LogP contribution is -2.11. The molecule has 0 saturated heterocycles. The van der Waals surface area contributed by atoms with Crippen molar-refractivity contribution in [3.05, 3.63) is 0 Å². The summed E-state index contributed by atoms with van der Waals surface area (Å²) in [5.41, 5.74) is 0. The van der Waals surface area contributed by atoms with Gasteiger partial charge in [-0.25, -0.2) is 13.7 Å². The fraction of sp³-hybridized carbons (Fsp3) is 1.00. The third-order valence-electron chi connectivity index (χ3n) is 1.29. The standard InChI is InChI=1S/C6H16N2OS/c1-2-3-4-5-6-8-10(7)9/h10H,2-6H2,1H3,(H2,7,8,9). The minimum absolute atomic E-state index is 0.721. The molecule has 0 saturated carbocycles. The summed E-state index contributed by atoms with van der Waals surface area (Å²) in [5.74, 6) is 0. The zero-order chi connectivity index (χ0) is 7.82. The molecule has 0 aliphatic heterocycles. The fourth-order valence-corrected chi connectivity index (χ4v) is 1.09. The third kappa shape index (κ3) is 7.91. The van der Waals surface area contributed by atoms with Crippen molar-refractivity contribution in [2.45, 2.75) is 32.6 Å². The van der Waals surface area contributed by atoms with E-state index in [9.17, 15) is 4.21 Å². The Bertz CT molecular complexity index is 126. The Balaban J connectivity index is 2.91. The Hall–Kier alpha value is -0.0900. The molecule has 0 aromatic heterocycles. The van der Waals surface area contributed by atoms with E-state index in [1.165, 1.54) is 19.3 Å². The molecule has 62 valence electrons. The SMILES string of the molecule is CCCCCCN[SH](=N)=O. The predicted octanol–water partition coefficient (Wildman–Crippen LogP) is 1.31. The monoisotopic (exact) mass is 164 g/mol. The molecule has 2 N–H and O–H groups in total. The first kappa shape index (κ1) is 9.91. The maximum atomic E-state index is 10.2. The average molecular weight is 164 g/mol. The summed E-state index contributed by atoms with van der Waals surface area (Å²) >= 11 is 0. The molecule has 0 amide bonds. The van der Waals surface area contributed by atoms with Crippen molar-refractivity contribution in [3.8, 4) is 0 Å². The van der Waals surface area contributed by atoms with Gasteiger partial charge in [-0.1, -0.05) is 26.2 Å². The van der Waals surface area contributed by atoms with E-state index >= 15 is 0 Å². The molecule has 0 bridgehead atoms. The molecule has 0 heterocycles. The van der Waals surface area contributed by atoms with Crippen LogP contribution in [0.3, 0.4) is 0 Å². The van der Waals surface area contributed by atoms with Crippen LogP contribution in [0.4, 0.5) is 0 Å². The van der Waals surface area contributed by atoms with Crippen LogP contribution in [0.2, 0.25) is 0 Å². The first-order valence-electron chi connectivity index (χ1n) is 3.69. The molecule has 0 radical (unpaired) electrons. The fourth-order valence-electron chi connectivity index (χ4n) is 0.732. The zero-order valence-corrected chi connectivity index (χ0v) is 7.29. The van der Waals surface area contributed by atoms with E-state index in [-0.39, 0.29) is 0 Å². The van der Waals surface area contributed by atoms with E-state index in [1.807, 2.05) is 0 Å². The van der Waals surface area contributed by atoms with Crippen molar-refractivity contribution < 1.29 is 4.21 Å². The Labute approximate surface area is 64.3 Å². The van der Waals surface area contributed by atoms with E-state index in [4.69, 9.17) is 4.78 Å². The van der Waals surface area contributed by atoms with Crippen LogP contribution in [0.15, 0.2) is 0 Å². The smallest absolute Gasteiger partial charge is 0.0937 e. The molecule has 0 aliphatic rings. The molecule has 0 aromatic carbocycles. The topological polar surface area (TPSA) is 53.0 Å². The quantitative estimate of drug-likeness (QED) is 0.402. The van der Waals surface area contributed by atoms with Crippen molar-refractivity contribution in [3.63, 3.8) is 0 Å². The van der Waals surface area contributed by atoms with Crippen LogP contribution in [0, 0.1) is 4.78 Å². The van der Waals surface area contributed by atoms with Crippen LogP contribution in [0.5, 0.6) is 0 Å². The van der Waals surface area contributed by atoms with Crippen molar-refractivity contribution in [1.82, 2.24) is 4.72 Å². The summed E-state index contributed by atoms with van der Waals surface area (Å²) < 4.78 is 19.4. The van der Waals surface area contributed by atoms with Gasteiger partial charge in [-0.05, 0) is 6.42 Å². The molecule has 4 heteroatoms. The molecule has 10 heavy (non-hydrogen) atoms. The van der Waals surface area contributed by atoms with E-state index in [2.05, 4.69) is 11.6 Å². The second kappa shape index (κ2) is 7.02. The van der Waals surface area contributed by atoms with E-state index < -0.39 is 10.8 Å². The Morgan fingerprint density at radius 3 is 2.60 bits per heavy atom. The van der Waals surface area contributed by atoms with Gasteiger partial charge in [0.15, 0.2) is 0 Å². The normalized spacial score (nSPS) is 13.3. The first-order chi connectivity index (χ1) is 4.77. The minimum Gasteiger partial charge on any atom is -0.243 e. The highest BCUT2D eigenvalue weighted by Gasteiger charge is 1.85. The van der Waals surface area contributed by atoms with E-state index in [0.29, 0.717) is 0 Å². The van der Waals surface area contributed by atoms with Gasteiger partial charge in [0.25, 0.3) is 0 Å². The van der Waals surface area contributed by atoms with Crippen LogP contribution in [-0.2, 0) is 10.8 Å². The van der Waals surface area contributed by atoms with Gasteiger partial charge in [-0.15, -0.1) is 0 Å². The zero-order valence-electron chi connectivity index (χ0n) is 6.39. The van der Waals surface area contributed by atoms with Gasteiger partial charge >= 0.3 is 0 Å². The minimum atomic E-state index is -1.87. The Kier molecular flexibility index (Phi) is 6.96. The van der Waals surface area contributed by atoms with E-state index in [0.717, 1.165) is 13.0 Å². The van der Waals surface area contributed by atoms with Crippen molar-refractivity contribution in [2.24, 2.45) is 0 Å². The molecule has 0 spiro atoms. The van der Waals surface area contributed by atoms with Crippen molar-refractivity contribution >= 4 is 10.8 Å². The summed E-state index contributed by atoms with van der Waals surface area (Å²) in [6.45, 7) is 2.87. The van der Waals surface area contributed by atoms with Crippen LogP contribution < -0.4 is 4.72 Å². The van der Waals surface area contributed by atoms with Crippen LogP contribution >= 0.6 is 0 Å². The maximum absolute atomic E-state index is 10.2. The Morgan fingerprint density at radius 1 is 1.40 bits per heavy atom. The molecule has 0 fully saturated rings. The highest BCUT2D eigenvalue weighted by Crippen LogP contribution is 1.96. The predicted molar refractivity (Wildman–Crippen MR) is 44.4 cm³/mol. The number of hydrogen-bond donors (Lipinski definition) is 3. The number of hydrogen-bond acceptors (Lipinski definition) is 2. The molecular formula is C6H16N2OS. The molecule has 0 aliphatic carbocycles. The lowest BCUT2D eigenvalue weighted by atomic mass is 10.2. The summed E-state index contributed by atoms with van der Waals surface area (Å²) in [6.07, 6.45) is 4.66. The first-order valence-corrected chi connectivity index (χ1v) is 4.95. The van der Waals surface area contributed by atoms with Crippen LogP contribution in [0.25, 0.3) is 0 Å². The molecule has 0 aromatic rings. The lowest BCUT2D eigenvalue weighted by molar-refractivity contribution is 0.644. The molecule has 3 nitrogen and oxygen atoms in total. The van der Waals surface area contributed by atoms with Gasteiger partial charge in [-0.3, -0.25) is 0 Å². The van der Waals surface area contributed by atoms with Gasteiger partial charge in [0.2, 0.25) is 0 Å². The van der Waals surface area contributed by atoms with Crippen LogP contribution in [0.1, 0.15) is 32.6 Å². The molecular weight excluding hydrogens is 148 g/mol. The average Bonchev–Trinajstić information content (AvgIpc) is 1.87. The highest BCUT2D eigenvalue weighted by molar-refractivity contribution is 7.71. The van der Waals surface area contributed by atoms with Gasteiger partial charge in [0.1, 0.15) is 0 Å². The largest absolute Gasteiger partial charge is 0.243 e. The van der Waals surface area contributed by atoms with Crippen molar-refractivity contribution in [1.29, 1.82) is 4.78 Å². The summed E-state index contributed by atoms with van der Waals surface area (Å²) in [5, 5.41) is 0. The second-order valence-electron chi connectivity index (χ2n) is 2.26. The summed E-state index contributed by atoms with van der Waals surface area (Å²) in [7, 11) is -1.87. The number of rotatable bonds is 6. The van der Waals surface area contributed by atoms with Crippen LogP contribution in [-0.4, -0.2) is 10.8 Å². The van der Waals surface area contributed by atoms with E-state index in [1.54, 1.807) is 0 Å². The van der Waals surface area contributed by atoms with Gasteiger partial charge in [-0.2, -0.15) is 0 Å². The second-order valence-corrected chi connectivity index (χ2v) is 3.17. The maximum Gasteiger partial charge on any atom is 0.0937 e. The third-order valence-corrected chi connectivity index (χ3v) is 1.80.